The Labute approximate surface area is 120 Å². The molecule has 106 valence electrons. The van der Waals surface area contributed by atoms with E-state index in [1.165, 1.54) is 0 Å². The van der Waals surface area contributed by atoms with Crippen LogP contribution in [-0.4, -0.2) is 11.2 Å². The quantitative estimate of drug-likeness (QED) is 0.659. The van der Waals surface area contributed by atoms with Crippen LogP contribution < -0.4 is 11.3 Å². The van der Waals surface area contributed by atoms with Crippen LogP contribution >= 0.6 is 11.6 Å². The van der Waals surface area contributed by atoms with Gasteiger partial charge in [0.1, 0.15) is 0 Å². The molecule has 2 rings (SSSR count). The first-order valence-corrected chi connectivity index (χ1v) is 7.05. The van der Waals surface area contributed by atoms with Crippen molar-refractivity contribution in [2.45, 2.75) is 51.4 Å². The average Bonchev–Trinajstić information content (AvgIpc) is 2.48. The highest BCUT2D eigenvalue weighted by Crippen LogP contribution is 2.47. The Bertz CT molecular complexity index is 459. The molecule has 3 N–H and O–H groups in total. The first-order valence-electron chi connectivity index (χ1n) is 6.67. The summed E-state index contributed by atoms with van der Waals surface area (Å²) in [5.74, 6) is 6.09. The minimum atomic E-state index is -0.219. The predicted molar refractivity (Wildman–Crippen MR) is 78.9 cm³/mol. The number of ether oxygens (including phenoxy) is 1. The summed E-state index contributed by atoms with van der Waals surface area (Å²) in [5.41, 5.74) is 3.71. The van der Waals surface area contributed by atoms with E-state index in [2.05, 4.69) is 39.2 Å². The Kier molecular flexibility index (Phi) is 3.94. The van der Waals surface area contributed by atoms with Crippen molar-refractivity contribution < 1.29 is 4.74 Å². The van der Waals surface area contributed by atoms with Gasteiger partial charge in [0, 0.05) is 10.9 Å². The molecular formula is C15H23ClN2O. The molecule has 0 spiro atoms. The van der Waals surface area contributed by atoms with Gasteiger partial charge in [-0.05, 0) is 51.8 Å². The van der Waals surface area contributed by atoms with Crippen molar-refractivity contribution in [1.82, 2.24) is 5.43 Å². The second kappa shape index (κ2) is 5.06. The van der Waals surface area contributed by atoms with Crippen molar-refractivity contribution in [2.24, 2.45) is 11.8 Å². The molecule has 1 heterocycles. The van der Waals surface area contributed by atoms with Crippen LogP contribution in [0.25, 0.3) is 0 Å². The van der Waals surface area contributed by atoms with E-state index in [1.54, 1.807) is 0 Å². The van der Waals surface area contributed by atoms with Crippen molar-refractivity contribution in [3.8, 4) is 0 Å². The van der Waals surface area contributed by atoms with E-state index < -0.39 is 0 Å². The van der Waals surface area contributed by atoms with Gasteiger partial charge in [-0.15, -0.1) is 0 Å². The summed E-state index contributed by atoms with van der Waals surface area (Å²) < 4.78 is 6.15. The van der Waals surface area contributed by atoms with Gasteiger partial charge < -0.3 is 4.74 Å². The molecule has 1 fully saturated rings. The lowest BCUT2D eigenvalue weighted by Gasteiger charge is -2.33. The smallest absolute Gasteiger partial charge is 0.0681 e. The van der Waals surface area contributed by atoms with Crippen molar-refractivity contribution in [1.29, 1.82) is 0 Å². The highest BCUT2D eigenvalue weighted by molar-refractivity contribution is 6.30. The lowest BCUT2D eigenvalue weighted by atomic mass is 9.79. The molecule has 1 aromatic rings. The lowest BCUT2D eigenvalue weighted by Crippen LogP contribution is -2.41. The van der Waals surface area contributed by atoms with E-state index in [0.29, 0.717) is 5.92 Å². The normalized spacial score (nSPS) is 26.3. The molecule has 2 atom stereocenters. The minimum Gasteiger partial charge on any atom is -0.369 e. The van der Waals surface area contributed by atoms with Crippen LogP contribution in [0, 0.1) is 5.92 Å². The van der Waals surface area contributed by atoms with Crippen LogP contribution in [0.1, 0.15) is 45.7 Å². The summed E-state index contributed by atoms with van der Waals surface area (Å²) in [4.78, 5) is 0. The Morgan fingerprint density at radius 3 is 2.53 bits per heavy atom. The molecule has 1 aromatic carbocycles. The van der Waals surface area contributed by atoms with Crippen LogP contribution in [0.4, 0.5) is 0 Å². The number of nitrogens with two attached hydrogens (primary N) is 1. The summed E-state index contributed by atoms with van der Waals surface area (Å²) in [5, 5.41) is 0.730. The molecule has 2 unspecified atom stereocenters. The first kappa shape index (κ1) is 14.8. The van der Waals surface area contributed by atoms with Crippen LogP contribution in [0.15, 0.2) is 24.3 Å². The van der Waals surface area contributed by atoms with Gasteiger partial charge in [0.25, 0.3) is 0 Å². The van der Waals surface area contributed by atoms with Gasteiger partial charge in [-0.25, -0.2) is 0 Å². The van der Waals surface area contributed by atoms with Crippen LogP contribution in [0.3, 0.4) is 0 Å². The molecular weight excluding hydrogens is 260 g/mol. The summed E-state index contributed by atoms with van der Waals surface area (Å²) in [7, 11) is 0. The van der Waals surface area contributed by atoms with Crippen LogP contribution in [-0.2, 0) is 4.74 Å². The third kappa shape index (κ3) is 3.11. The fourth-order valence-corrected chi connectivity index (χ4v) is 3.47. The Balaban J connectivity index is 2.32. The number of hydrogen-bond acceptors (Lipinski definition) is 3. The SMILES string of the molecule is CC1(C)CC(C(NN)c2cccc(Cl)c2)C(C)(C)O1. The summed E-state index contributed by atoms with van der Waals surface area (Å²) in [6.07, 6.45) is 0.960. The number of rotatable bonds is 3. The highest BCUT2D eigenvalue weighted by Gasteiger charge is 2.49. The molecule has 0 radical (unpaired) electrons. The first-order chi connectivity index (χ1) is 8.75. The maximum atomic E-state index is 6.15. The average molecular weight is 283 g/mol. The number of benzene rings is 1. The molecule has 19 heavy (non-hydrogen) atoms. The van der Waals surface area contributed by atoms with Crippen molar-refractivity contribution >= 4 is 11.6 Å². The zero-order valence-corrected chi connectivity index (χ0v) is 12.8. The van der Waals surface area contributed by atoms with E-state index >= 15 is 0 Å². The number of nitrogens with one attached hydrogen (secondary N) is 1. The third-order valence-corrected chi connectivity index (χ3v) is 4.17. The molecule has 1 saturated heterocycles. The van der Waals surface area contributed by atoms with Crippen LogP contribution in [0.2, 0.25) is 5.02 Å². The zero-order valence-electron chi connectivity index (χ0n) is 12.0. The number of hydrogen-bond donors (Lipinski definition) is 2. The van der Waals surface area contributed by atoms with E-state index in [1.807, 2.05) is 18.2 Å². The van der Waals surface area contributed by atoms with Gasteiger partial charge in [0.15, 0.2) is 0 Å². The lowest BCUT2D eigenvalue weighted by molar-refractivity contribution is -0.0779. The van der Waals surface area contributed by atoms with Gasteiger partial charge >= 0.3 is 0 Å². The summed E-state index contributed by atoms with van der Waals surface area (Å²) >= 11 is 6.08. The fourth-order valence-electron chi connectivity index (χ4n) is 3.27. The molecule has 1 aliphatic heterocycles. The van der Waals surface area contributed by atoms with Crippen LogP contribution in [0.5, 0.6) is 0 Å². The maximum Gasteiger partial charge on any atom is 0.0681 e. The molecule has 4 heteroatoms. The van der Waals surface area contributed by atoms with Gasteiger partial charge in [-0.3, -0.25) is 11.3 Å². The van der Waals surface area contributed by atoms with E-state index in [9.17, 15) is 0 Å². The van der Waals surface area contributed by atoms with Gasteiger partial charge in [0.05, 0.1) is 17.2 Å². The highest BCUT2D eigenvalue weighted by atomic mass is 35.5. The molecule has 0 amide bonds. The topological polar surface area (TPSA) is 47.3 Å². The molecule has 0 aromatic heterocycles. The van der Waals surface area contributed by atoms with Crippen molar-refractivity contribution in [3.05, 3.63) is 34.9 Å². The van der Waals surface area contributed by atoms with Gasteiger partial charge in [-0.1, -0.05) is 23.7 Å². The summed E-state index contributed by atoms with van der Waals surface area (Å²) in [6, 6.07) is 7.88. The van der Waals surface area contributed by atoms with Crippen molar-refractivity contribution in [2.75, 3.05) is 0 Å². The number of halogens is 1. The molecule has 0 saturated carbocycles. The van der Waals surface area contributed by atoms with E-state index in [4.69, 9.17) is 22.2 Å². The maximum absolute atomic E-state index is 6.15. The van der Waals surface area contributed by atoms with E-state index in [0.717, 1.165) is 17.0 Å². The minimum absolute atomic E-state index is 0.0375. The zero-order chi connectivity index (χ0) is 14.3. The molecule has 0 aliphatic carbocycles. The molecule has 1 aliphatic rings. The standard InChI is InChI=1S/C15H23ClN2O/c1-14(2)9-12(15(3,4)19-14)13(18-17)10-6-5-7-11(16)8-10/h5-8,12-13,18H,9,17H2,1-4H3. The molecule has 0 bridgehead atoms. The Hall–Kier alpha value is -0.610. The van der Waals surface area contributed by atoms with E-state index in [-0.39, 0.29) is 17.2 Å². The van der Waals surface area contributed by atoms with Gasteiger partial charge in [-0.2, -0.15) is 0 Å². The van der Waals surface area contributed by atoms with Crippen molar-refractivity contribution in [3.63, 3.8) is 0 Å². The fraction of sp³-hybridized carbons (Fsp3) is 0.600. The van der Waals surface area contributed by atoms with Gasteiger partial charge in [0.2, 0.25) is 0 Å². The largest absolute Gasteiger partial charge is 0.369 e. The third-order valence-electron chi connectivity index (χ3n) is 3.93. The second-order valence-electron chi connectivity index (χ2n) is 6.48. The second-order valence-corrected chi connectivity index (χ2v) is 6.91. The Morgan fingerprint density at radius 1 is 1.37 bits per heavy atom. The number of hydrazine groups is 1. The Morgan fingerprint density at radius 2 is 2.05 bits per heavy atom. The predicted octanol–water partition coefficient (Wildman–Crippen LogP) is 3.44. The monoisotopic (exact) mass is 282 g/mol. The summed E-state index contributed by atoms with van der Waals surface area (Å²) in [6.45, 7) is 8.50. The molecule has 3 nitrogen and oxygen atoms in total.